The molecule has 0 bridgehead atoms. The lowest BCUT2D eigenvalue weighted by Gasteiger charge is -1.78. The molecule has 0 aromatic carbocycles. The van der Waals surface area contributed by atoms with E-state index in [0.29, 0.717) is 0 Å². The van der Waals surface area contributed by atoms with Gasteiger partial charge in [0.2, 0.25) is 0 Å². The number of hydrogen-bond donors (Lipinski definition) is 0. The third-order valence-electron chi connectivity index (χ3n) is 0.977. The summed E-state index contributed by atoms with van der Waals surface area (Å²) in [6.45, 7) is 5.64. The highest BCUT2D eigenvalue weighted by molar-refractivity contribution is 4.94. The minimum absolute atomic E-state index is 0.984. The van der Waals surface area contributed by atoms with Gasteiger partial charge >= 0.3 is 0 Å². The lowest BCUT2D eigenvalue weighted by molar-refractivity contribution is 1.31. The lowest BCUT2D eigenvalue weighted by atomic mass is 10.3. The Balaban J connectivity index is 3.14. The molecule has 0 spiro atoms. The summed E-state index contributed by atoms with van der Waals surface area (Å²) in [6, 6.07) is 0. The van der Waals surface area contributed by atoms with Gasteiger partial charge in [0.1, 0.15) is 0 Å². The van der Waals surface area contributed by atoms with Crippen LogP contribution in [0, 0.1) is 0 Å². The van der Waals surface area contributed by atoms with Crippen LogP contribution in [0.1, 0.15) is 19.8 Å². The van der Waals surface area contributed by atoms with E-state index in [1.807, 2.05) is 13.0 Å². The second-order valence-corrected chi connectivity index (χ2v) is 1.80. The van der Waals surface area contributed by atoms with Crippen LogP contribution in [0.25, 0.3) is 0 Å². The molecule has 0 aromatic rings. The van der Waals surface area contributed by atoms with Crippen molar-refractivity contribution in [3.05, 3.63) is 37.0 Å². The Bertz CT molecular complexity index is 107. The summed E-state index contributed by atoms with van der Waals surface area (Å²) in [5, 5.41) is 0. The van der Waals surface area contributed by atoms with Crippen molar-refractivity contribution >= 4 is 0 Å². The molecule has 50 valence electrons. The van der Waals surface area contributed by atoms with Crippen LogP contribution in [0.15, 0.2) is 37.0 Å². The van der Waals surface area contributed by atoms with E-state index >= 15 is 0 Å². The average Bonchev–Trinajstić information content (AvgIpc) is 1.89. The van der Waals surface area contributed by atoms with E-state index < -0.39 is 0 Å². The zero-order chi connectivity index (χ0) is 6.95. The zero-order valence-corrected chi connectivity index (χ0v) is 6.01. The smallest absolute Gasteiger partial charge is 0.0169 e. The maximum atomic E-state index is 3.61. The monoisotopic (exact) mass is 122 g/mol. The molecule has 0 N–H and O–H groups in total. The SMILES string of the molecule is C=CC/C=C/CC=CC. The standard InChI is InChI=1S/C9H14/c1-3-5-7-9-8-6-4-2/h3-4,6-7,9H,1,5,8H2,2H3/b6-4?,9-7+. The molecule has 0 saturated heterocycles. The van der Waals surface area contributed by atoms with Gasteiger partial charge in [0.25, 0.3) is 0 Å². The summed E-state index contributed by atoms with van der Waals surface area (Å²) in [5.41, 5.74) is 0. The first kappa shape index (κ1) is 8.22. The van der Waals surface area contributed by atoms with Crippen LogP contribution in [0.3, 0.4) is 0 Å². The molecule has 0 rings (SSSR count). The van der Waals surface area contributed by atoms with E-state index in [1.165, 1.54) is 0 Å². The quantitative estimate of drug-likeness (QED) is 0.503. The first-order valence-corrected chi connectivity index (χ1v) is 3.29. The van der Waals surface area contributed by atoms with Crippen LogP contribution in [-0.4, -0.2) is 0 Å². The fraction of sp³-hybridized carbons (Fsp3) is 0.333. The third kappa shape index (κ3) is 7.22. The van der Waals surface area contributed by atoms with Gasteiger partial charge in [-0.25, -0.2) is 0 Å². The highest BCUT2D eigenvalue weighted by Gasteiger charge is 1.67. The van der Waals surface area contributed by atoms with Crippen molar-refractivity contribution in [1.82, 2.24) is 0 Å². The van der Waals surface area contributed by atoms with Gasteiger partial charge in [-0.15, -0.1) is 6.58 Å². The minimum Gasteiger partial charge on any atom is -0.103 e. The number of rotatable bonds is 4. The Kier molecular flexibility index (Phi) is 6.59. The Morgan fingerprint density at radius 1 is 1.11 bits per heavy atom. The van der Waals surface area contributed by atoms with Gasteiger partial charge in [-0.3, -0.25) is 0 Å². The predicted molar refractivity (Wildman–Crippen MR) is 43.4 cm³/mol. The average molecular weight is 122 g/mol. The highest BCUT2D eigenvalue weighted by atomic mass is 13.7. The fourth-order valence-corrected chi connectivity index (χ4v) is 0.503. The van der Waals surface area contributed by atoms with Gasteiger partial charge in [0.05, 0.1) is 0 Å². The Hall–Kier alpha value is -0.780. The Morgan fingerprint density at radius 2 is 1.78 bits per heavy atom. The zero-order valence-electron chi connectivity index (χ0n) is 6.01. The lowest BCUT2D eigenvalue weighted by Crippen LogP contribution is -1.57. The normalized spacial score (nSPS) is 11.2. The first-order chi connectivity index (χ1) is 4.41. The summed E-state index contributed by atoms with van der Waals surface area (Å²) in [7, 11) is 0. The van der Waals surface area contributed by atoms with Crippen molar-refractivity contribution in [2.45, 2.75) is 19.8 Å². The van der Waals surface area contributed by atoms with Gasteiger partial charge < -0.3 is 0 Å². The number of hydrogen-bond acceptors (Lipinski definition) is 0. The Labute approximate surface area is 57.6 Å². The van der Waals surface area contributed by atoms with Crippen molar-refractivity contribution in [2.75, 3.05) is 0 Å². The molecule has 0 heterocycles. The molecule has 0 saturated carbocycles. The summed E-state index contributed by atoms with van der Waals surface area (Å²) in [4.78, 5) is 0. The van der Waals surface area contributed by atoms with E-state index in [9.17, 15) is 0 Å². The highest BCUT2D eigenvalue weighted by Crippen LogP contribution is 1.88. The van der Waals surface area contributed by atoms with Gasteiger partial charge in [0.15, 0.2) is 0 Å². The van der Waals surface area contributed by atoms with Crippen LogP contribution in [0.5, 0.6) is 0 Å². The second-order valence-electron chi connectivity index (χ2n) is 1.80. The molecule has 0 heteroatoms. The van der Waals surface area contributed by atoms with Crippen LogP contribution in [0.4, 0.5) is 0 Å². The van der Waals surface area contributed by atoms with Crippen molar-refractivity contribution in [3.8, 4) is 0 Å². The molecule has 0 nitrogen and oxygen atoms in total. The van der Waals surface area contributed by atoms with Crippen molar-refractivity contribution in [3.63, 3.8) is 0 Å². The molecule has 9 heavy (non-hydrogen) atoms. The third-order valence-corrected chi connectivity index (χ3v) is 0.977. The van der Waals surface area contributed by atoms with Gasteiger partial charge in [-0.05, 0) is 19.8 Å². The van der Waals surface area contributed by atoms with Crippen LogP contribution >= 0.6 is 0 Å². The van der Waals surface area contributed by atoms with E-state index in [2.05, 4.69) is 30.9 Å². The minimum atomic E-state index is 0.984. The van der Waals surface area contributed by atoms with Gasteiger partial charge in [-0.1, -0.05) is 30.4 Å². The summed E-state index contributed by atoms with van der Waals surface area (Å²) < 4.78 is 0. The molecule has 0 aliphatic rings. The fourth-order valence-electron chi connectivity index (χ4n) is 0.503. The van der Waals surface area contributed by atoms with E-state index in [-0.39, 0.29) is 0 Å². The molecule has 0 aromatic heterocycles. The largest absolute Gasteiger partial charge is 0.103 e. The second kappa shape index (κ2) is 7.22. The predicted octanol–water partition coefficient (Wildman–Crippen LogP) is 3.08. The molecule has 0 aliphatic heterocycles. The first-order valence-electron chi connectivity index (χ1n) is 3.29. The molecule has 0 atom stereocenters. The van der Waals surface area contributed by atoms with Gasteiger partial charge in [0, 0.05) is 0 Å². The molecule has 0 aliphatic carbocycles. The van der Waals surface area contributed by atoms with Crippen molar-refractivity contribution in [1.29, 1.82) is 0 Å². The maximum absolute atomic E-state index is 3.61. The molecule has 0 amide bonds. The van der Waals surface area contributed by atoms with Gasteiger partial charge in [-0.2, -0.15) is 0 Å². The topological polar surface area (TPSA) is 0 Å². The molecule has 0 radical (unpaired) electrons. The number of allylic oxidation sites excluding steroid dienone is 5. The van der Waals surface area contributed by atoms with Crippen LogP contribution < -0.4 is 0 Å². The summed E-state index contributed by atoms with van der Waals surface area (Å²) >= 11 is 0. The maximum Gasteiger partial charge on any atom is -0.0169 e. The van der Waals surface area contributed by atoms with Crippen LogP contribution in [-0.2, 0) is 0 Å². The summed E-state index contributed by atoms with van der Waals surface area (Å²) in [6.07, 6.45) is 12.4. The molecule has 0 unspecified atom stereocenters. The molecular weight excluding hydrogens is 108 g/mol. The van der Waals surface area contributed by atoms with Crippen LogP contribution in [0.2, 0.25) is 0 Å². The summed E-state index contributed by atoms with van der Waals surface area (Å²) in [5.74, 6) is 0. The molecule has 0 fully saturated rings. The van der Waals surface area contributed by atoms with E-state index in [0.717, 1.165) is 12.8 Å². The van der Waals surface area contributed by atoms with Crippen molar-refractivity contribution < 1.29 is 0 Å². The van der Waals surface area contributed by atoms with E-state index in [1.54, 1.807) is 0 Å². The Morgan fingerprint density at radius 3 is 2.33 bits per heavy atom. The van der Waals surface area contributed by atoms with E-state index in [4.69, 9.17) is 0 Å². The van der Waals surface area contributed by atoms with Crippen molar-refractivity contribution in [2.24, 2.45) is 0 Å². The molecular formula is C9H14.